The van der Waals surface area contributed by atoms with E-state index in [1.165, 1.54) is 17.7 Å². The van der Waals surface area contributed by atoms with Gasteiger partial charge in [-0.2, -0.15) is 5.10 Å². The monoisotopic (exact) mass is 500 g/mol. The van der Waals surface area contributed by atoms with E-state index in [0.29, 0.717) is 0 Å². The van der Waals surface area contributed by atoms with Crippen molar-refractivity contribution >= 4 is 35.6 Å². The van der Waals surface area contributed by atoms with E-state index in [-0.39, 0.29) is 29.8 Å². The minimum absolute atomic E-state index is 0. The second-order valence-electron chi connectivity index (χ2n) is 6.81. The molecule has 1 aliphatic heterocycles. The largest absolute Gasteiger partial charge is 0.368 e. The molecule has 1 fully saturated rings. The lowest BCUT2D eigenvalue weighted by Crippen LogP contribution is -2.52. The molecule has 0 bridgehead atoms. The van der Waals surface area contributed by atoms with Gasteiger partial charge in [0.2, 0.25) is 0 Å². The lowest BCUT2D eigenvalue weighted by molar-refractivity contribution is 0.372. The molecule has 0 radical (unpaired) electrons. The Balaban J connectivity index is 0.00000280. The van der Waals surface area contributed by atoms with Crippen LogP contribution in [-0.4, -0.2) is 59.9 Å². The fourth-order valence-corrected chi connectivity index (χ4v) is 3.32. The van der Waals surface area contributed by atoms with Gasteiger partial charge < -0.3 is 15.1 Å². The maximum Gasteiger partial charge on any atom is 0.194 e. The van der Waals surface area contributed by atoms with E-state index in [1.54, 1.807) is 0 Å². The Bertz CT molecular complexity index is 737. The molecule has 6 nitrogen and oxygen atoms in total. The van der Waals surface area contributed by atoms with Crippen molar-refractivity contribution in [3.8, 4) is 0 Å². The van der Waals surface area contributed by atoms with E-state index < -0.39 is 0 Å². The number of aromatic nitrogens is 2. The van der Waals surface area contributed by atoms with Gasteiger partial charge in [-0.3, -0.25) is 9.67 Å². The highest BCUT2D eigenvalue weighted by Crippen LogP contribution is 2.17. The quantitative estimate of drug-likeness (QED) is 0.287. The van der Waals surface area contributed by atoms with E-state index in [9.17, 15) is 4.39 Å². The molecule has 0 atom stereocenters. The molecule has 0 unspecified atom stereocenters. The number of halogens is 2. The third-order valence-electron chi connectivity index (χ3n) is 4.75. The molecule has 0 saturated carbocycles. The third kappa shape index (κ3) is 6.35. The fourth-order valence-electron chi connectivity index (χ4n) is 3.32. The van der Waals surface area contributed by atoms with Crippen LogP contribution in [0.3, 0.4) is 0 Å². The standard InChI is InChI=1S/C20H29FN6.HI/c1-3-22-20(23-10-4-5-17-15-24-25(2)16-17)27-13-11-26(12-14-27)19-8-6-18(21)7-9-19;/h6-9,15-16H,3-5,10-14H2,1-2H3,(H,22,23);1H. The molecule has 2 aromatic rings. The topological polar surface area (TPSA) is 48.7 Å². The molecule has 154 valence electrons. The lowest BCUT2D eigenvalue weighted by Gasteiger charge is -2.37. The summed E-state index contributed by atoms with van der Waals surface area (Å²) in [7, 11) is 1.94. The summed E-state index contributed by atoms with van der Waals surface area (Å²) in [5, 5.41) is 7.61. The minimum Gasteiger partial charge on any atom is -0.368 e. The Morgan fingerprint density at radius 2 is 1.89 bits per heavy atom. The average molecular weight is 500 g/mol. The van der Waals surface area contributed by atoms with Crippen LogP contribution in [0, 0.1) is 5.82 Å². The number of nitrogens with one attached hydrogen (secondary N) is 1. The molecule has 1 aromatic carbocycles. The van der Waals surface area contributed by atoms with Crippen LogP contribution >= 0.6 is 24.0 Å². The number of hydrogen-bond acceptors (Lipinski definition) is 3. The van der Waals surface area contributed by atoms with E-state index >= 15 is 0 Å². The van der Waals surface area contributed by atoms with Crippen LogP contribution in [0.1, 0.15) is 18.9 Å². The first-order valence-electron chi connectivity index (χ1n) is 9.67. The molecule has 1 aliphatic rings. The maximum atomic E-state index is 13.1. The number of rotatable bonds is 6. The molecule has 2 heterocycles. The molecule has 3 rings (SSSR count). The van der Waals surface area contributed by atoms with Crippen molar-refractivity contribution in [2.45, 2.75) is 19.8 Å². The van der Waals surface area contributed by atoms with E-state index in [0.717, 1.165) is 63.8 Å². The number of anilines is 1. The average Bonchev–Trinajstić information content (AvgIpc) is 3.10. The molecule has 1 saturated heterocycles. The molecule has 8 heteroatoms. The van der Waals surface area contributed by atoms with Gasteiger partial charge in [-0.25, -0.2) is 4.39 Å². The number of aryl methyl sites for hydroxylation is 2. The van der Waals surface area contributed by atoms with Crippen LogP contribution in [0.5, 0.6) is 0 Å². The summed E-state index contributed by atoms with van der Waals surface area (Å²) >= 11 is 0. The Hall–Kier alpha value is -1.84. The zero-order valence-electron chi connectivity index (χ0n) is 16.6. The van der Waals surface area contributed by atoms with Crippen molar-refractivity contribution in [1.29, 1.82) is 0 Å². The van der Waals surface area contributed by atoms with Gasteiger partial charge >= 0.3 is 0 Å². The van der Waals surface area contributed by atoms with Crippen molar-refractivity contribution < 1.29 is 4.39 Å². The molecular weight excluding hydrogens is 470 g/mol. The summed E-state index contributed by atoms with van der Waals surface area (Å²) in [6, 6.07) is 6.75. The van der Waals surface area contributed by atoms with Crippen LogP contribution < -0.4 is 10.2 Å². The Labute approximate surface area is 183 Å². The first-order valence-corrected chi connectivity index (χ1v) is 9.67. The Kier molecular flexibility index (Phi) is 9.01. The second kappa shape index (κ2) is 11.2. The zero-order chi connectivity index (χ0) is 19.1. The second-order valence-corrected chi connectivity index (χ2v) is 6.81. The first-order chi connectivity index (χ1) is 13.2. The summed E-state index contributed by atoms with van der Waals surface area (Å²) in [6.07, 6.45) is 5.98. The third-order valence-corrected chi connectivity index (χ3v) is 4.75. The summed E-state index contributed by atoms with van der Waals surface area (Å²) in [4.78, 5) is 9.41. The van der Waals surface area contributed by atoms with Gasteiger partial charge in [0.1, 0.15) is 5.82 Å². The number of guanidine groups is 1. The highest BCUT2D eigenvalue weighted by atomic mass is 127. The normalized spacial score (nSPS) is 14.8. The van der Waals surface area contributed by atoms with Crippen molar-refractivity contribution in [1.82, 2.24) is 20.0 Å². The number of hydrogen-bond donors (Lipinski definition) is 1. The lowest BCUT2D eigenvalue weighted by atomic mass is 10.2. The SMILES string of the molecule is CCNC(=NCCCc1cnn(C)c1)N1CCN(c2ccc(F)cc2)CC1.I. The van der Waals surface area contributed by atoms with Gasteiger partial charge in [-0.05, 0) is 49.6 Å². The number of piperazine rings is 1. The molecule has 28 heavy (non-hydrogen) atoms. The molecule has 1 N–H and O–H groups in total. The van der Waals surface area contributed by atoms with Gasteiger partial charge in [0, 0.05) is 58.2 Å². The maximum absolute atomic E-state index is 13.1. The van der Waals surface area contributed by atoms with E-state index in [1.807, 2.05) is 30.1 Å². The molecule has 1 aromatic heterocycles. The molecule has 0 spiro atoms. The van der Waals surface area contributed by atoms with E-state index in [4.69, 9.17) is 4.99 Å². The predicted octanol–water partition coefficient (Wildman–Crippen LogP) is 2.90. The number of benzene rings is 1. The summed E-state index contributed by atoms with van der Waals surface area (Å²) in [6.45, 7) is 7.39. The summed E-state index contributed by atoms with van der Waals surface area (Å²) in [5.74, 6) is 0.799. The highest BCUT2D eigenvalue weighted by molar-refractivity contribution is 14.0. The highest BCUT2D eigenvalue weighted by Gasteiger charge is 2.19. The van der Waals surface area contributed by atoms with E-state index in [2.05, 4.69) is 33.3 Å². The van der Waals surface area contributed by atoms with Gasteiger partial charge in [0.05, 0.1) is 6.20 Å². The van der Waals surface area contributed by atoms with Crippen LogP contribution in [0.2, 0.25) is 0 Å². The van der Waals surface area contributed by atoms with Crippen LogP contribution in [0.25, 0.3) is 0 Å². The molecular formula is C20H30FIN6. The van der Waals surface area contributed by atoms with Crippen LogP contribution in [0.4, 0.5) is 10.1 Å². The minimum atomic E-state index is -0.190. The number of aliphatic imine (C=N–C) groups is 1. The smallest absolute Gasteiger partial charge is 0.194 e. The van der Waals surface area contributed by atoms with Gasteiger partial charge in [-0.1, -0.05) is 0 Å². The zero-order valence-corrected chi connectivity index (χ0v) is 19.0. The van der Waals surface area contributed by atoms with Crippen molar-refractivity contribution in [2.75, 3.05) is 44.2 Å². The number of nitrogens with zero attached hydrogens (tertiary/aromatic N) is 5. The summed E-state index contributed by atoms with van der Waals surface area (Å²) in [5.41, 5.74) is 2.33. The van der Waals surface area contributed by atoms with Gasteiger partial charge in [0.25, 0.3) is 0 Å². The predicted molar refractivity (Wildman–Crippen MR) is 123 cm³/mol. The van der Waals surface area contributed by atoms with Gasteiger partial charge in [0.15, 0.2) is 5.96 Å². The summed E-state index contributed by atoms with van der Waals surface area (Å²) < 4.78 is 14.9. The van der Waals surface area contributed by atoms with Gasteiger partial charge in [-0.15, -0.1) is 24.0 Å². The Morgan fingerprint density at radius 3 is 2.50 bits per heavy atom. The fraction of sp³-hybridized carbons (Fsp3) is 0.500. The molecule has 0 amide bonds. The van der Waals surface area contributed by atoms with Crippen molar-refractivity contribution in [3.05, 3.63) is 48.0 Å². The first kappa shape index (κ1) is 22.4. The molecule has 0 aliphatic carbocycles. The van der Waals surface area contributed by atoms with Crippen molar-refractivity contribution in [2.24, 2.45) is 12.0 Å². The van der Waals surface area contributed by atoms with Crippen LogP contribution in [0.15, 0.2) is 41.7 Å². The van der Waals surface area contributed by atoms with Crippen molar-refractivity contribution in [3.63, 3.8) is 0 Å². The Morgan fingerprint density at radius 1 is 1.18 bits per heavy atom. The van der Waals surface area contributed by atoms with Crippen LogP contribution in [-0.2, 0) is 13.5 Å².